The van der Waals surface area contributed by atoms with Gasteiger partial charge < -0.3 is 10.5 Å². The molecule has 0 fully saturated rings. The fourth-order valence-corrected chi connectivity index (χ4v) is 2.10. The quantitative estimate of drug-likeness (QED) is 0.860. The maximum Gasteiger partial charge on any atom is 0.124 e. The summed E-state index contributed by atoms with van der Waals surface area (Å²) in [5.41, 5.74) is 6.68. The monoisotopic (exact) mass is 339 g/mol. The normalized spacial score (nSPS) is 10.2. The molecule has 19 heavy (non-hydrogen) atoms. The van der Waals surface area contributed by atoms with Crippen LogP contribution < -0.4 is 10.5 Å². The van der Waals surface area contributed by atoms with Crippen LogP contribution in [-0.2, 0) is 6.61 Å². The van der Waals surface area contributed by atoms with Gasteiger partial charge in [0.1, 0.15) is 23.2 Å². The highest BCUT2D eigenvalue weighted by Gasteiger charge is 2.04. The minimum absolute atomic E-state index is 0.170. The lowest BCUT2D eigenvalue weighted by Gasteiger charge is -2.08. The van der Waals surface area contributed by atoms with E-state index in [9.17, 15) is 4.39 Å². The molecule has 0 aromatic heterocycles. The molecule has 0 saturated carbocycles. The molecule has 98 valence electrons. The SMILES string of the molecule is NC(=S)c1cc(F)cc(COc2cccc(Br)c2)c1. The standard InChI is InChI=1S/C14H11BrFNOS/c15-11-2-1-3-13(7-11)18-8-9-4-10(14(17)19)6-12(16)5-9/h1-7H,8H2,(H2,17,19). The van der Waals surface area contributed by atoms with Gasteiger partial charge in [-0.25, -0.2) is 4.39 Å². The third-order valence-electron chi connectivity index (χ3n) is 2.44. The van der Waals surface area contributed by atoms with E-state index in [1.807, 2.05) is 24.3 Å². The first kappa shape index (κ1) is 14.0. The Balaban J connectivity index is 2.13. The Kier molecular flexibility index (Phi) is 4.50. The third kappa shape index (κ3) is 4.01. The number of hydrogen-bond donors (Lipinski definition) is 1. The zero-order valence-corrected chi connectivity index (χ0v) is 12.3. The Morgan fingerprint density at radius 1 is 1.26 bits per heavy atom. The van der Waals surface area contributed by atoms with Crippen molar-refractivity contribution < 1.29 is 9.13 Å². The van der Waals surface area contributed by atoms with Crippen molar-refractivity contribution in [3.63, 3.8) is 0 Å². The average molecular weight is 340 g/mol. The lowest BCUT2D eigenvalue weighted by Crippen LogP contribution is -2.10. The molecule has 2 aromatic rings. The molecule has 0 aliphatic heterocycles. The van der Waals surface area contributed by atoms with Crippen LogP contribution in [0.2, 0.25) is 0 Å². The fourth-order valence-electron chi connectivity index (χ4n) is 1.60. The number of ether oxygens (including phenoxy) is 1. The van der Waals surface area contributed by atoms with Crippen molar-refractivity contribution in [2.75, 3.05) is 0 Å². The Labute approximate surface area is 124 Å². The van der Waals surface area contributed by atoms with Gasteiger partial charge in [0.05, 0.1) is 0 Å². The Bertz CT molecular complexity index is 618. The summed E-state index contributed by atoms with van der Waals surface area (Å²) in [5, 5.41) is 0. The van der Waals surface area contributed by atoms with E-state index < -0.39 is 0 Å². The van der Waals surface area contributed by atoms with E-state index in [1.54, 1.807) is 6.07 Å². The molecular formula is C14H11BrFNOS. The van der Waals surface area contributed by atoms with Crippen molar-refractivity contribution in [3.8, 4) is 5.75 Å². The number of thiocarbonyl (C=S) groups is 1. The molecule has 5 heteroatoms. The van der Waals surface area contributed by atoms with Gasteiger partial charge in [-0.15, -0.1) is 0 Å². The summed E-state index contributed by atoms with van der Waals surface area (Å²) in [4.78, 5) is 0.170. The maximum absolute atomic E-state index is 13.4. The van der Waals surface area contributed by atoms with Gasteiger partial charge in [0.2, 0.25) is 0 Å². The van der Waals surface area contributed by atoms with E-state index in [1.165, 1.54) is 12.1 Å². The molecule has 2 rings (SSSR count). The minimum Gasteiger partial charge on any atom is -0.489 e. The van der Waals surface area contributed by atoms with E-state index in [4.69, 9.17) is 22.7 Å². The highest BCUT2D eigenvalue weighted by molar-refractivity contribution is 9.10. The van der Waals surface area contributed by atoms with Gasteiger partial charge >= 0.3 is 0 Å². The first-order valence-corrected chi connectivity index (χ1v) is 6.72. The summed E-state index contributed by atoms with van der Waals surface area (Å²) < 4.78 is 19.9. The van der Waals surface area contributed by atoms with Crippen LogP contribution >= 0.6 is 28.1 Å². The first-order valence-electron chi connectivity index (χ1n) is 5.52. The van der Waals surface area contributed by atoms with Gasteiger partial charge in [-0.3, -0.25) is 0 Å². The van der Waals surface area contributed by atoms with Crippen LogP contribution in [0.3, 0.4) is 0 Å². The molecule has 0 unspecified atom stereocenters. The molecule has 2 aromatic carbocycles. The summed E-state index contributed by atoms with van der Waals surface area (Å²) >= 11 is 8.20. The van der Waals surface area contributed by atoms with Crippen LogP contribution in [0.5, 0.6) is 5.75 Å². The van der Waals surface area contributed by atoms with Gasteiger partial charge in [0, 0.05) is 10.0 Å². The maximum atomic E-state index is 13.4. The molecule has 0 amide bonds. The largest absolute Gasteiger partial charge is 0.489 e. The predicted octanol–water partition coefficient (Wildman–Crippen LogP) is 3.80. The van der Waals surface area contributed by atoms with Crippen LogP contribution in [0.25, 0.3) is 0 Å². The average Bonchev–Trinajstić information content (AvgIpc) is 2.36. The van der Waals surface area contributed by atoms with E-state index in [0.717, 1.165) is 4.47 Å². The molecule has 0 atom stereocenters. The van der Waals surface area contributed by atoms with Gasteiger partial charge in [-0.1, -0.05) is 34.2 Å². The molecule has 0 aliphatic rings. The molecule has 0 spiro atoms. The second-order valence-electron chi connectivity index (χ2n) is 3.96. The lowest BCUT2D eigenvalue weighted by atomic mass is 10.1. The zero-order chi connectivity index (χ0) is 13.8. The number of halogens is 2. The van der Waals surface area contributed by atoms with Gasteiger partial charge in [-0.2, -0.15) is 0 Å². The lowest BCUT2D eigenvalue weighted by molar-refractivity contribution is 0.305. The second kappa shape index (κ2) is 6.12. The second-order valence-corrected chi connectivity index (χ2v) is 5.31. The van der Waals surface area contributed by atoms with Crippen molar-refractivity contribution >= 4 is 33.1 Å². The number of hydrogen-bond acceptors (Lipinski definition) is 2. The van der Waals surface area contributed by atoms with Crippen molar-refractivity contribution in [1.29, 1.82) is 0 Å². The van der Waals surface area contributed by atoms with Crippen LogP contribution in [-0.4, -0.2) is 4.99 Å². The van der Waals surface area contributed by atoms with Crippen molar-refractivity contribution in [1.82, 2.24) is 0 Å². The predicted molar refractivity (Wildman–Crippen MR) is 80.8 cm³/mol. The molecule has 0 bridgehead atoms. The Morgan fingerprint density at radius 2 is 2.05 bits per heavy atom. The number of rotatable bonds is 4. The molecule has 0 radical (unpaired) electrons. The molecule has 0 saturated heterocycles. The molecule has 2 nitrogen and oxygen atoms in total. The number of nitrogens with two attached hydrogens (primary N) is 1. The summed E-state index contributed by atoms with van der Waals surface area (Å²) in [6.45, 7) is 0.254. The van der Waals surface area contributed by atoms with Crippen molar-refractivity contribution in [3.05, 3.63) is 63.9 Å². The van der Waals surface area contributed by atoms with Crippen LogP contribution in [0.15, 0.2) is 46.9 Å². The molecular weight excluding hydrogens is 329 g/mol. The van der Waals surface area contributed by atoms with Crippen LogP contribution in [0, 0.1) is 5.82 Å². The molecule has 0 heterocycles. The Hall–Kier alpha value is -1.46. The number of benzene rings is 2. The van der Waals surface area contributed by atoms with Crippen molar-refractivity contribution in [2.45, 2.75) is 6.61 Å². The smallest absolute Gasteiger partial charge is 0.124 e. The van der Waals surface area contributed by atoms with E-state index in [2.05, 4.69) is 15.9 Å². The molecule has 2 N–H and O–H groups in total. The third-order valence-corrected chi connectivity index (χ3v) is 3.17. The van der Waals surface area contributed by atoms with E-state index in [-0.39, 0.29) is 17.4 Å². The topological polar surface area (TPSA) is 35.2 Å². The summed E-state index contributed by atoms with van der Waals surface area (Å²) in [6, 6.07) is 11.9. The van der Waals surface area contributed by atoms with Crippen molar-refractivity contribution in [2.24, 2.45) is 5.73 Å². The fraction of sp³-hybridized carbons (Fsp3) is 0.0714. The summed E-state index contributed by atoms with van der Waals surface area (Å²) in [5.74, 6) is 0.327. The van der Waals surface area contributed by atoms with Gasteiger partial charge in [-0.05, 0) is 42.0 Å². The summed E-state index contributed by atoms with van der Waals surface area (Å²) in [7, 11) is 0. The zero-order valence-electron chi connectivity index (χ0n) is 9.90. The first-order chi connectivity index (χ1) is 9.04. The van der Waals surface area contributed by atoms with Gasteiger partial charge in [0.25, 0.3) is 0 Å². The van der Waals surface area contributed by atoms with Gasteiger partial charge in [0.15, 0.2) is 0 Å². The summed E-state index contributed by atoms with van der Waals surface area (Å²) in [6.07, 6.45) is 0. The minimum atomic E-state index is -0.377. The van der Waals surface area contributed by atoms with E-state index >= 15 is 0 Å². The van der Waals surface area contributed by atoms with Crippen LogP contribution in [0.1, 0.15) is 11.1 Å². The molecule has 0 aliphatic carbocycles. The highest BCUT2D eigenvalue weighted by atomic mass is 79.9. The Morgan fingerprint density at radius 3 is 2.74 bits per heavy atom. The highest BCUT2D eigenvalue weighted by Crippen LogP contribution is 2.19. The van der Waals surface area contributed by atoms with E-state index in [0.29, 0.717) is 16.9 Å². The van der Waals surface area contributed by atoms with Crippen LogP contribution in [0.4, 0.5) is 4.39 Å².